The normalized spacial score (nSPS) is 10.1. The number of rotatable bonds is 3. The second-order valence-electron chi connectivity index (χ2n) is 3.02. The molecule has 0 atom stereocenters. The Morgan fingerprint density at radius 3 is 2.60 bits per heavy atom. The van der Waals surface area contributed by atoms with Crippen molar-refractivity contribution < 1.29 is 4.92 Å². The minimum Gasteiger partial charge on any atom is -0.258 e. The van der Waals surface area contributed by atoms with Gasteiger partial charge in [0.25, 0.3) is 5.69 Å². The fraction of sp³-hybridized carbons (Fsp3) is 0.111. The van der Waals surface area contributed by atoms with Crippen LogP contribution < -0.4 is 0 Å². The molecule has 0 bridgehead atoms. The molecule has 0 fully saturated rings. The number of hydrogen-bond donors (Lipinski definition) is 0. The second kappa shape index (κ2) is 3.87. The molecule has 0 radical (unpaired) electrons. The van der Waals surface area contributed by atoms with Gasteiger partial charge in [-0.1, -0.05) is 12.1 Å². The van der Waals surface area contributed by atoms with E-state index in [1.54, 1.807) is 23.1 Å². The monoisotopic (exact) mass is 204 g/mol. The largest absolute Gasteiger partial charge is 0.269 e. The maximum Gasteiger partial charge on any atom is 0.269 e. The van der Waals surface area contributed by atoms with E-state index in [0.717, 1.165) is 5.56 Å². The Hall–Kier alpha value is -2.24. The van der Waals surface area contributed by atoms with Gasteiger partial charge < -0.3 is 0 Å². The van der Waals surface area contributed by atoms with Gasteiger partial charge >= 0.3 is 0 Å². The third kappa shape index (κ3) is 2.16. The fourth-order valence-electron chi connectivity index (χ4n) is 1.22. The molecule has 0 saturated carbocycles. The maximum absolute atomic E-state index is 10.4. The Morgan fingerprint density at radius 1 is 1.33 bits per heavy atom. The van der Waals surface area contributed by atoms with Crippen LogP contribution in [-0.4, -0.2) is 19.7 Å². The van der Waals surface area contributed by atoms with E-state index < -0.39 is 4.92 Å². The molecule has 0 aliphatic carbocycles. The van der Waals surface area contributed by atoms with Gasteiger partial charge in [0, 0.05) is 12.1 Å². The molecule has 0 saturated heterocycles. The van der Waals surface area contributed by atoms with Crippen molar-refractivity contribution in [3.05, 3.63) is 52.6 Å². The summed E-state index contributed by atoms with van der Waals surface area (Å²) in [6.45, 7) is 0.567. The number of hydrogen-bond acceptors (Lipinski definition) is 4. The molecular weight excluding hydrogens is 196 g/mol. The van der Waals surface area contributed by atoms with Crippen LogP contribution in [0.4, 0.5) is 5.69 Å². The van der Waals surface area contributed by atoms with E-state index in [4.69, 9.17) is 0 Å². The number of nitrogens with zero attached hydrogens (tertiary/aromatic N) is 4. The molecule has 6 heteroatoms. The van der Waals surface area contributed by atoms with Crippen LogP contribution in [-0.2, 0) is 6.54 Å². The van der Waals surface area contributed by atoms with E-state index in [2.05, 4.69) is 10.1 Å². The molecule has 0 N–H and O–H groups in total. The molecule has 1 aromatic heterocycles. The van der Waals surface area contributed by atoms with Crippen molar-refractivity contribution in [1.29, 1.82) is 0 Å². The van der Waals surface area contributed by atoms with Crippen molar-refractivity contribution in [1.82, 2.24) is 14.8 Å². The van der Waals surface area contributed by atoms with E-state index in [1.807, 2.05) is 0 Å². The molecule has 0 aliphatic rings. The van der Waals surface area contributed by atoms with Gasteiger partial charge in [-0.25, -0.2) is 9.67 Å². The molecule has 2 aromatic rings. The first-order valence-electron chi connectivity index (χ1n) is 4.31. The average molecular weight is 204 g/mol. The van der Waals surface area contributed by atoms with E-state index in [9.17, 15) is 10.1 Å². The van der Waals surface area contributed by atoms with Gasteiger partial charge in [0.15, 0.2) is 0 Å². The molecule has 1 heterocycles. The number of nitro benzene ring substituents is 1. The van der Waals surface area contributed by atoms with Crippen molar-refractivity contribution in [2.24, 2.45) is 0 Å². The molecular formula is C9H8N4O2. The highest BCUT2D eigenvalue weighted by atomic mass is 16.6. The minimum atomic E-state index is -0.417. The van der Waals surface area contributed by atoms with Crippen LogP contribution in [0.15, 0.2) is 36.9 Å². The third-order valence-corrected chi connectivity index (χ3v) is 1.96. The Bertz CT molecular complexity index is 449. The molecule has 0 aliphatic heterocycles. The summed E-state index contributed by atoms with van der Waals surface area (Å²) < 4.78 is 1.65. The van der Waals surface area contributed by atoms with Gasteiger partial charge in [-0.15, -0.1) is 0 Å². The van der Waals surface area contributed by atoms with Crippen LogP contribution in [0.3, 0.4) is 0 Å². The molecule has 15 heavy (non-hydrogen) atoms. The molecule has 0 spiro atoms. The number of aromatic nitrogens is 3. The topological polar surface area (TPSA) is 73.8 Å². The maximum atomic E-state index is 10.4. The SMILES string of the molecule is O=[N+]([O-])c1ccc(Cn2cncn2)cc1. The van der Waals surface area contributed by atoms with Gasteiger partial charge in [0.05, 0.1) is 11.5 Å². The Balaban J connectivity index is 2.14. The summed E-state index contributed by atoms with van der Waals surface area (Å²) in [5.41, 5.74) is 1.04. The van der Waals surface area contributed by atoms with E-state index >= 15 is 0 Å². The second-order valence-corrected chi connectivity index (χ2v) is 3.02. The highest BCUT2D eigenvalue weighted by molar-refractivity contribution is 5.32. The summed E-state index contributed by atoms with van der Waals surface area (Å²) in [4.78, 5) is 13.8. The van der Waals surface area contributed by atoms with Crippen LogP contribution in [0.1, 0.15) is 5.56 Å². The number of benzene rings is 1. The van der Waals surface area contributed by atoms with Crippen LogP contribution in [0, 0.1) is 10.1 Å². The van der Waals surface area contributed by atoms with E-state index in [0.29, 0.717) is 6.54 Å². The lowest BCUT2D eigenvalue weighted by Crippen LogP contribution is -1.99. The predicted octanol–water partition coefficient (Wildman–Crippen LogP) is 1.23. The highest BCUT2D eigenvalue weighted by Gasteiger charge is 2.03. The predicted molar refractivity (Wildman–Crippen MR) is 52.2 cm³/mol. The van der Waals surface area contributed by atoms with Gasteiger partial charge in [-0.3, -0.25) is 10.1 Å². The zero-order chi connectivity index (χ0) is 10.7. The lowest BCUT2D eigenvalue weighted by molar-refractivity contribution is -0.384. The number of nitro groups is 1. The third-order valence-electron chi connectivity index (χ3n) is 1.96. The standard InChI is InChI=1S/C9H8N4O2/c14-13(15)9-3-1-8(2-4-9)5-12-7-10-6-11-12/h1-4,6-7H,5H2. The van der Waals surface area contributed by atoms with Crippen molar-refractivity contribution in [2.45, 2.75) is 6.54 Å². The lowest BCUT2D eigenvalue weighted by Gasteiger charge is -1.99. The van der Waals surface area contributed by atoms with Gasteiger partial charge in [-0.05, 0) is 5.56 Å². The molecule has 76 valence electrons. The fourth-order valence-corrected chi connectivity index (χ4v) is 1.22. The first kappa shape index (κ1) is 9.32. The first-order valence-corrected chi connectivity index (χ1v) is 4.31. The van der Waals surface area contributed by atoms with Crippen molar-refractivity contribution in [2.75, 3.05) is 0 Å². The van der Waals surface area contributed by atoms with E-state index in [1.165, 1.54) is 18.5 Å². The van der Waals surface area contributed by atoms with Gasteiger partial charge in [-0.2, -0.15) is 5.10 Å². The van der Waals surface area contributed by atoms with Gasteiger partial charge in [0.2, 0.25) is 0 Å². The Kier molecular flexibility index (Phi) is 2.40. The number of non-ortho nitro benzene ring substituents is 1. The van der Waals surface area contributed by atoms with Crippen molar-refractivity contribution >= 4 is 5.69 Å². The smallest absolute Gasteiger partial charge is 0.258 e. The molecule has 1 aromatic carbocycles. The molecule has 6 nitrogen and oxygen atoms in total. The average Bonchev–Trinajstić information content (AvgIpc) is 2.71. The summed E-state index contributed by atoms with van der Waals surface area (Å²) in [5.74, 6) is 0. The quantitative estimate of drug-likeness (QED) is 0.556. The Labute approximate surface area is 85.3 Å². The highest BCUT2D eigenvalue weighted by Crippen LogP contribution is 2.12. The van der Waals surface area contributed by atoms with Crippen LogP contribution in [0.2, 0.25) is 0 Å². The molecule has 0 amide bonds. The summed E-state index contributed by atoms with van der Waals surface area (Å²) in [6, 6.07) is 6.37. The summed E-state index contributed by atoms with van der Waals surface area (Å²) >= 11 is 0. The summed E-state index contributed by atoms with van der Waals surface area (Å²) in [6.07, 6.45) is 3.05. The molecule has 0 unspecified atom stereocenters. The summed E-state index contributed by atoms with van der Waals surface area (Å²) in [7, 11) is 0. The Morgan fingerprint density at radius 2 is 2.07 bits per heavy atom. The van der Waals surface area contributed by atoms with Crippen LogP contribution in [0.25, 0.3) is 0 Å². The van der Waals surface area contributed by atoms with Gasteiger partial charge in [0.1, 0.15) is 12.7 Å². The first-order chi connectivity index (χ1) is 7.25. The minimum absolute atomic E-state index is 0.0948. The summed E-state index contributed by atoms with van der Waals surface area (Å²) in [5, 5.41) is 14.3. The zero-order valence-electron chi connectivity index (χ0n) is 7.78. The zero-order valence-corrected chi connectivity index (χ0v) is 7.78. The van der Waals surface area contributed by atoms with Crippen molar-refractivity contribution in [3.8, 4) is 0 Å². The van der Waals surface area contributed by atoms with E-state index in [-0.39, 0.29) is 5.69 Å². The lowest BCUT2D eigenvalue weighted by atomic mass is 10.2. The molecule has 2 rings (SSSR count). The van der Waals surface area contributed by atoms with Crippen LogP contribution in [0.5, 0.6) is 0 Å². The van der Waals surface area contributed by atoms with Crippen molar-refractivity contribution in [3.63, 3.8) is 0 Å². The van der Waals surface area contributed by atoms with Crippen LogP contribution >= 0.6 is 0 Å².